The second-order valence-corrected chi connectivity index (χ2v) is 10.0. The molecule has 0 radical (unpaired) electrons. The Morgan fingerprint density at radius 1 is 1.12 bits per heavy atom. The summed E-state index contributed by atoms with van der Waals surface area (Å²) in [6, 6.07) is 4.56. The van der Waals surface area contributed by atoms with Gasteiger partial charge in [0.1, 0.15) is 11.7 Å². The molecule has 1 aliphatic heterocycles. The van der Waals surface area contributed by atoms with Crippen LogP contribution in [0.5, 0.6) is 5.75 Å². The Bertz CT molecular complexity index is 1080. The fourth-order valence-corrected chi connectivity index (χ4v) is 4.91. The van der Waals surface area contributed by atoms with E-state index in [1.165, 1.54) is 26.4 Å². The first-order valence-electron chi connectivity index (χ1n) is 9.79. The van der Waals surface area contributed by atoms with Gasteiger partial charge >= 0.3 is 27.6 Å². The Balaban J connectivity index is 1.97. The number of alkyl halides is 3. The molecule has 0 aromatic heterocycles. The SMILES string of the molecule is COC(=O)C1=C[C@@]2(C)[C@@H](C(C(=O)OC)c3ccc(OS(=O)(=O)C(F)(F)F)cc3)OC[C@@]2(C)C1. The van der Waals surface area contributed by atoms with E-state index in [-0.39, 0.29) is 6.61 Å². The zero-order chi connectivity index (χ0) is 24.8. The van der Waals surface area contributed by atoms with E-state index in [1.54, 1.807) is 6.08 Å². The average Bonchev–Trinajstić information content (AvgIpc) is 3.14. The lowest BCUT2D eigenvalue weighted by molar-refractivity contribution is -0.147. The molecule has 2 aliphatic rings. The van der Waals surface area contributed by atoms with Crippen molar-refractivity contribution < 1.29 is 49.6 Å². The van der Waals surface area contributed by atoms with E-state index in [1.807, 2.05) is 13.8 Å². The minimum absolute atomic E-state index is 0.240. The van der Waals surface area contributed by atoms with E-state index in [0.717, 1.165) is 12.1 Å². The molecule has 12 heteroatoms. The summed E-state index contributed by atoms with van der Waals surface area (Å²) in [5, 5.41) is 0. The van der Waals surface area contributed by atoms with E-state index in [0.29, 0.717) is 17.6 Å². The Kier molecular flexibility index (Phi) is 6.31. The number of hydrogen-bond donors (Lipinski definition) is 0. The number of hydrogen-bond acceptors (Lipinski definition) is 8. The van der Waals surface area contributed by atoms with Crippen molar-refractivity contribution in [2.45, 2.75) is 37.8 Å². The number of carbonyl (C=O) groups excluding carboxylic acids is 2. The van der Waals surface area contributed by atoms with Gasteiger partial charge in [0.05, 0.1) is 26.9 Å². The largest absolute Gasteiger partial charge is 0.534 e. The van der Waals surface area contributed by atoms with Gasteiger partial charge < -0.3 is 18.4 Å². The highest BCUT2D eigenvalue weighted by atomic mass is 32.2. The van der Waals surface area contributed by atoms with Crippen molar-refractivity contribution >= 4 is 22.1 Å². The first-order valence-corrected chi connectivity index (χ1v) is 11.2. The maximum absolute atomic E-state index is 12.8. The summed E-state index contributed by atoms with van der Waals surface area (Å²) in [6.45, 7) is 4.01. The van der Waals surface area contributed by atoms with Crippen molar-refractivity contribution in [1.82, 2.24) is 0 Å². The fourth-order valence-electron chi connectivity index (χ4n) is 4.45. The fraction of sp³-hybridized carbons (Fsp3) is 0.524. The van der Waals surface area contributed by atoms with Gasteiger partial charge in [0, 0.05) is 16.4 Å². The van der Waals surface area contributed by atoms with Crippen LogP contribution in [-0.2, 0) is 33.9 Å². The number of methoxy groups -OCH3 is 2. The number of carbonyl (C=O) groups is 2. The Labute approximate surface area is 188 Å². The molecule has 0 saturated carbocycles. The molecule has 4 atom stereocenters. The zero-order valence-electron chi connectivity index (χ0n) is 18.3. The van der Waals surface area contributed by atoms with Crippen molar-refractivity contribution in [3.8, 4) is 5.75 Å². The van der Waals surface area contributed by atoms with Gasteiger partial charge in [-0.3, -0.25) is 4.79 Å². The zero-order valence-corrected chi connectivity index (χ0v) is 19.1. The van der Waals surface area contributed by atoms with E-state index < -0.39 is 56.2 Å². The van der Waals surface area contributed by atoms with Crippen LogP contribution in [0.3, 0.4) is 0 Å². The minimum atomic E-state index is -5.83. The second-order valence-electron chi connectivity index (χ2n) is 8.47. The molecule has 3 rings (SSSR count). The molecule has 33 heavy (non-hydrogen) atoms. The van der Waals surface area contributed by atoms with Crippen molar-refractivity contribution in [3.05, 3.63) is 41.5 Å². The van der Waals surface area contributed by atoms with Gasteiger partial charge in [-0.05, 0) is 24.1 Å². The molecule has 0 amide bonds. The molecule has 1 aliphatic carbocycles. The third kappa shape index (κ3) is 4.21. The lowest BCUT2D eigenvalue weighted by Gasteiger charge is -2.38. The van der Waals surface area contributed by atoms with Crippen LogP contribution in [0.1, 0.15) is 31.7 Å². The number of esters is 2. The molecule has 8 nitrogen and oxygen atoms in total. The molecular formula is C21H23F3O8S. The van der Waals surface area contributed by atoms with E-state index in [4.69, 9.17) is 14.2 Å². The van der Waals surface area contributed by atoms with Crippen LogP contribution < -0.4 is 4.18 Å². The summed E-state index contributed by atoms with van der Waals surface area (Å²) in [5.74, 6) is -2.73. The summed E-state index contributed by atoms with van der Waals surface area (Å²) in [6.07, 6.45) is 1.34. The average molecular weight is 492 g/mol. The summed E-state index contributed by atoms with van der Waals surface area (Å²) < 4.78 is 80.1. The maximum Gasteiger partial charge on any atom is 0.534 e. The monoisotopic (exact) mass is 492 g/mol. The van der Waals surface area contributed by atoms with Gasteiger partial charge in [-0.15, -0.1) is 0 Å². The van der Waals surface area contributed by atoms with Crippen LogP contribution in [0.4, 0.5) is 13.2 Å². The summed E-state index contributed by atoms with van der Waals surface area (Å²) >= 11 is 0. The van der Waals surface area contributed by atoms with Crippen molar-refractivity contribution in [3.63, 3.8) is 0 Å². The molecule has 0 spiro atoms. The van der Waals surface area contributed by atoms with Crippen molar-refractivity contribution in [2.24, 2.45) is 10.8 Å². The van der Waals surface area contributed by atoms with Gasteiger partial charge in [0.2, 0.25) is 0 Å². The number of rotatable bonds is 6. The number of ether oxygens (including phenoxy) is 3. The van der Waals surface area contributed by atoms with Crippen LogP contribution in [0, 0.1) is 10.8 Å². The van der Waals surface area contributed by atoms with Crippen LogP contribution in [0.2, 0.25) is 0 Å². The Hall–Kier alpha value is -2.60. The summed E-state index contributed by atoms with van der Waals surface area (Å²) in [7, 11) is -3.38. The topological polar surface area (TPSA) is 105 Å². The number of halogens is 3. The molecule has 182 valence electrons. The molecule has 1 aromatic rings. The highest BCUT2D eigenvalue weighted by molar-refractivity contribution is 7.88. The van der Waals surface area contributed by atoms with Gasteiger partial charge in [0.15, 0.2) is 0 Å². The molecular weight excluding hydrogens is 469 g/mol. The quantitative estimate of drug-likeness (QED) is 0.339. The van der Waals surface area contributed by atoms with Crippen LogP contribution in [-0.4, -0.2) is 52.8 Å². The highest BCUT2D eigenvalue weighted by Crippen LogP contribution is 2.61. The third-order valence-electron chi connectivity index (χ3n) is 6.46. The van der Waals surface area contributed by atoms with E-state index >= 15 is 0 Å². The standard InChI is InChI=1S/C21H23F3O8S/c1-19-9-13(17(25)29-3)10-20(19,2)16(31-11-19)15(18(26)30-4)12-5-7-14(8-6-12)32-33(27,28)21(22,23)24/h5-8,10,15-16H,9,11H2,1-4H3/t15?,16-,19-,20+/m1/s1. The molecule has 0 N–H and O–H groups in total. The lowest BCUT2D eigenvalue weighted by atomic mass is 9.64. The third-order valence-corrected chi connectivity index (χ3v) is 7.44. The van der Waals surface area contributed by atoms with Crippen LogP contribution in [0.25, 0.3) is 0 Å². The summed E-state index contributed by atoms with van der Waals surface area (Å²) in [4.78, 5) is 24.9. The Morgan fingerprint density at radius 3 is 2.24 bits per heavy atom. The van der Waals surface area contributed by atoms with E-state index in [2.05, 4.69) is 4.18 Å². The van der Waals surface area contributed by atoms with Gasteiger partial charge in [0.25, 0.3) is 0 Å². The minimum Gasteiger partial charge on any atom is -0.468 e. The van der Waals surface area contributed by atoms with Crippen molar-refractivity contribution in [2.75, 3.05) is 20.8 Å². The van der Waals surface area contributed by atoms with E-state index in [9.17, 15) is 31.2 Å². The molecule has 0 bridgehead atoms. The second kappa shape index (κ2) is 8.32. The molecule has 1 fully saturated rings. The normalized spacial score (nSPS) is 28.0. The number of benzene rings is 1. The highest BCUT2D eigenvalue weighted by Gasteiger charge is 2.62. The molecule has 1 unspecified atom stereocenters. The first-order chi connectivity index (χ1) is 15.2. The number of fused-ring (bicyclic) bond motifs is 1. The van der Waals surface area contributed by atoms with Gasteiger partial charge in [-0.1, -0.05) is 32.1 Å². The molecule has 1 aromatic carbocycles. The first kappa shape index (κ1) is 25.0. The summed E-state index contributed by atoms with van der Waals surface area (Å²) in [5.41, 5.74) is -6.10. The lowest BCUT2D eigenvalue weighted by Crippen LogP contribution is -2.41. The molecule has 1 saturated heterocycles. The van der Waals surface area contributed by atoms with Gasteiger partial charge in [-0.2, -0.15) is 21.6 Å². The molecule has 1 heterocycles. The Morgan fingerprint density at radius 2 is 1.73 bits per heavy atom. The van der Waals surface area contributed by atoms with Crippen molar-refractivity contribution in [1.29, 1.82) is 0 Å². The van der Waals surface area contributed by atoms with Crippen LogP contribution in [0.15, 0.2) is 35.9 Å². The predicted molar refractivity (Wildman–Crippen MR) is 107 cm³/mol. The van der Waals surface area contributed by atoms with Crippen LogP contribution >= 0.6 is 0 Å². The van der Waals surface area contributed by atoms with Gasteiger partial charge in [-0.25, -0.2) is 4.79 Å². The smallest absolute Gasteiger partial charge is 0.468 e. The maximum atomic E-state index is 12.8. The predicted octanol–water partition coefficient (Wildman–Crippen LogP) is 3.09.